The second-order valence-electron chi connectivity index (χ2n) is 4.80. The van der Waals surface area contributed by atoms with Crippen molar-refractivity contribution in [2.75, 3.05) is 19.6 Å². The van der Waals surface area contributed by atoms with Gasteiger partial charge >= 0.3 is 0 Å². The summed E-state index contributed by atoms with van der Waals surface area (Å²) in [6.07, 6.45) is 8.83. The van der Waals surface area contributed by atoms with E-state index < -0.39 is 0 Å². The van der Waals surface area contributed by atoms with Crippen molar-refractivity contribution in [1.82, 2.24) is 10.2 Å². The zero-order valence-corrected chi connectivity index (χ0v) is 9.50. The van der Waals surface area contributed by atoms with Crippen molar-refractivity contribution < 1.29 is 4.79 Å². The van der Waals surface area contributed by atoms with E-state index in [1.54, 1.807) is 0 Å². The van der Waals surface area contributed by atoms with Gasteiger partial charge in [-0.15, -0.1) is 0 Å². The van der Waals surface area contributed by atoms with Gasteiger partial charge in [-0.25, -0.2) is 0 Å². The molecule has 0 aromatic rings. The third-order valence-electron chi connectivity index (χ3n) is 3.33. The fourth-order valence-electron chi connectivity index (χ4n) is 2.13. The largest absolute Gasteiger partial charge is 0.342 e. The first-order chi connectivity index (χ1) is 7.36. The summed E-state index contributed by atoms with van der Waals surface area (Å²) >= 11 is 0. The first-order valence-corrected chi connectivity index (χ1v) is 6.37. The summed E-state index contributed by atoms with van der Waals surface area (Å²) in [7, 11) is 0. The minimum absolute atomic E-state index is 0.309. The first-order valence-electron chi connectivity index (χ1n) is 6.37. The van der Waals surface area contributed by atoms with Gasteiger partial charge in [-0.1, -0.05) is 19.3 Å². The van der Waals surface area contributed by atoms with E-state index in [9.17, 15) is 4.79 Å². The monoisotopic (exact) mass is 210 g/mol. The number of nitrogens with one attached hydrogen (secondary N) is 1. The summed E-state index contributed by atoms with van der Waals surface area (Å²) in [5.41, 5.74) is 0. The smallest absolute Gasteiger partial charge is 0.236 e. The zero-order valence-electron chi connectivity index (χ0n) is 9.50. The van der Waals surface area contributed by atoms with Gasteiger partial charge in [-0.2, -0.15) is 0 Å². The van der Waals surface area contributed by atoms with Crippen LogP contribution in [0.1, 0.15) is 44.9 Å². The SMILES string of the molecule is O=C(CNC1CC1)N1CCCCCCC1. The summed E-state index contributed by atoms with van der Waals surface area (Å²) in [4.78, 5) is 13.9. The maximum Gasteiger partial charge on any atom is 0.236 e. The zero-order chi connectivity index (χ0) is 10.5. The Labute approximate surface area is 92.2 Å². The summed E-state index contributed by atoms with van der Waals surface area (Å²) in [5.74, 6) is 0.309. The second kappa shape index (κ2) is 5.50. The lowest BCUT2D eigenvalue weighted by Gasteiger charge is -2.24. The second-order valence-corrected chi connectivity index (χ2v) is 4.80. The molecule has 3 nitrogen and oxygen atoms in total. The van der Waals surface area contributed by atoms with Crippen molar-refractivity contribution in [2.24, 2.45) is 0 Å². The molecule has 0 unspecified atom stereocenters. The molecular formula is C12H22N2O. The van der Waals surface area contributed by atoms with E-state index >= 15 is 0 Å². The minimum atomic E-state index is 0.309. The van der Waals surface area contributed by atoms with Crippen molar-refractivity contribution in [2.45, 2.75) is 51.0 Å². The van der Waals surface area contributed by atoms with Gasteiger partial charge < -0.3 is 10.2 Å². The van der Waals surface area contributed by atoms with Crippen molar-refractivity contribution in [3.8, 4) is 0 Å². The Balaban J connectivity index is 1.70. The molecule has 2 fully saturated rings. The van der Waals surface area contributed by atoms with E-state index in [2.05, 4.69) is 10.2 Å². The number of amides is 1. The molecule has 1 heterocycles. The molecule has 1 saturated carbocycles. The number of hydrogen-bond acceptors (Lipinski definition) is 2. The van der Waals surface area contributed by atoms with E-state index in [0.717, 1.165) is 13.1 Å². The molecule has 1 N–H and O–H groups in total. The number of carbonyl (C=O) groups is 1. The Morgan fingerprint density at radius 1 is 1.07 bits per heavy atom. The minimum Gasteiger partial charge on any atom is -0.342 e. The third-order valence-corrected chi connectivity index (χ3v) is 3.33. The molecule has 1 amide bonds. The Morgan fingerprint density at radius 3 is 2.27 bits per heavy atom. The molecule has 0 aromatic carbocycles. The van der Waals surface area contributed by atoms with E-state index in [1.165, 1.54) is 44.9 Å². The standard InChI is InChI=1S/C12H22N2O/c15-12(10-13-11-6-7-11)14-8-4-2-1-3-5-9-14/h11,13H,1-10H2. The van der Waals surface area contributed by atoms with Crippen LogP contribution in [0.3, 0.4) is 0 Å². The molecule has 1 saturated heterocycles. The van der Waals surface area contributed by atoms with Gasteiger partial charge in [0.25, 0.3) is 0 Å². The van der Waals surface area contributed by atoms with E-state index in [1.807, 2.05) is 0 Å². The number of carbonyl (C=O) groups excluding carboxylic acids is 1. The van der Waals surface area contributed by atoms with Crippen LogP contribution in [0.4, 0.5) is 0 Å². The average Bonchev–Trinajstić information content (AvgIpc) is 2.97. The lowest BCUT2D eigenvalue weighted by molar-refractivity contribution is -0.130. The van der Waals surface area contributed by atoms with E-state index in [0.29, 0.717) is 18.5 Å². The maximum atomic E-state index is 11.9. The van der Waals surface area contributed by atoms with Gasteiger partial charge in [0.15, 0.2) is 0 Å². The third kappa shape index (κ3) is 3.82. The number of hydrogen-bond donors (Lipinski definition) is 1. The molecular weight excluding hydrogens is 188 g/mol. The fraction of sp³-hybridized carbons (Fsp3) is 0.917. The van der Waals surface area contributed by atoms with Gasteiger partial charge in [0, 0.05) is 19.1 Å². The predicted octanol–water partition coefficient (Wildman–Crippen LogP) is 1.53. The molecule has 3 heteroatoms. The van der Waals surface area contributed by atoms with Gasteiger partial charge in [-0.05, 0) is 25.7 Å². The molecule has 2 rings (SSSR count). The van der Waals surface area contributed by atoms with E-state index in [4.69, 9.17) is 0 Å². The Kier molecular flexibility index (Phi) is 4.01. The van der Waals surface area contributed by atoms with Gasteiger partial charge in [0.05, 0.1) is 6.54 Å². The van der Waals surface area contributed by atoms with Crippen LogP contribution in [-0.2, 0) is 4.79 Å². The van der Waals surface area contributed by atoms with Crippen molar-refractivity contribution >= 4 is 5.91 Å². The Morgan fingerprint density at radius 2 is 1.67 bits per heavy atom. The Bertz CT molecular complexity index is 206. The fourth-order valence-corrected chi connectivity index (χ4v) is 2.13. The summed E-state index contributed by atoms with van der Waals surface area (Å²) in [6.45, 7) is 2.51. The number of rotatable bonds is 3. The summed E-state index contributed by atoms with van der Waals surface area (Å²) < 4.78 is 0. The highest BCUT2D eigenvalue weighted by atomic mass is 16.2. The molecule has 15 heavy (non-hydrogen) atoms. The van der Waals surface area contributed by atoms with Crippen molar-refractivity contribution in [3.05, 3.63) is 0 Å². The highest BCUT2D eigenvalue weighted by Crippen LogP contribution is 2.18. The molecule has 0 spiro atoms. The van der Waals surface area contributed by atoms with Crippen molar-refractivity contribution in [1.29, 1.82) is 0 Å². The van der Waals surface area contributed by atoms with Gasteiger partial charge in [0.2, 0.25) is 5.91 Å². The lowest BCUT2D eigenvalue weighted by Crippen LogP contribution is -2.40. The first kappa shape index (κ1) is 10.9. The molecule has 86 valence electrons. The molecule has 0 bridgehead atoms. The molecule has 0 atom stereocenters. The van der Waals surface area contributed by atoms with Gasteiger partial charge in [-0.3, -0.25) is 4.79 Å². The van der Waals surface area contributed by atoms with Crippen LogP contribution in [0.5, 0.6) is 0 Å². The van der Waals surface area contributed by atoms with Crippen LogP contribution in [0.2, 0.25) is 0 Å². The maximum absolute atomic E-state index is 11.9. The molecule has 0 radical (unpaired) electrons. The van der Waals surface area contributed by atoms with Crippen LogP contribution in [0, 0.1) is 0 Å². The van der Waals surface area contributed by atoms with Crippen LogP contribution in [-0.4, -0.2) is 36.5 Å². The highest BCUT2D eigenvalue weighted by molar-refractivity contribution is 5.78. The van der Waals surface area contributed by atoms with Crippen LogP contribution in [0.15, 0.2) is 0 Å². The average molecular weight is 210 g/mol. The Hall–Kier alpha value is -0.570. The topological polar surface area (TPSA) is 32.3 Å². The lowest BCUT2D eigenvalue weighted by atomic mass is 10.1. The number of likely N-dealkylation sites (tertiary alicyclic amines) is 1. The van der Waals surface area contributed by atoms with Crippen molar-refractivity contribution in [3.63, 3.8) is 0 Å². The quantitative estimate of drug-likeness (QED) is 0.766. The summed E-state index contributed by atoms with van der Waals surface area (Å²) in [6, 6.07) is 0.642. The van der Waals surface area contributed by atoms with Crippen LogP contribution in [0.25, 0.3) is 0 Å². The molecule has 1 aliphatic heterocycles. The highest BCUT2D eigenvalue weighted by Gasteiger charge is 2.22. The predicted molar refractivity (Wildman–Crippen MR) is 60.7 cm³/mol. The van der Waals surface area contributed by atoms with Crippen LogP contribution >= 0.6 is 0 Å². The van der Waals surface area contributed by atoms with E-state index in [-0.39, 0.29) is 0 Å². The molecule has 1 aliphatic carbocycles. The van der Waals surface area contributed by atoms with Gasteiger partial charge in [0.1, 0.15) is 0 Å². The molecule has 2 aliphatic rings. The number of nitrogens with zero attached hydrogens (tertiary/aromatic N) is 1. The summed E-state index contributed by atoms with van der Waals surface area (Å²) in [5, 5.41) is 3.30. The normalized spacial score (nSPS) is 23.3. The van der Waals surface area contributed by atoms with Crippen LogP contribution < -0.4 is 5.32 Å². The molecule has 0 aromatic heterocycles.